The molecule has 1 heterocycles. The topological polar surface area (TPSA) is 78.5 Å². The maximum absolute atomic E-state index is 12.9. The lowest BCUT2D eigenvalue weighted by molar-refractivity contribution is 0.0602. The molecule has 1 fully saturated rings. The Bertz CT molecular complexity index is 900. The Morgan fingerprint density at radius 3 is 2.63 bits per heavy atom. The van der Waals surface area contributed by atoms with Crippen LogP contribution in [0, 0.1) is 0 Å². The first-order valence-electron chi connectivity index (χ1n) is 9.06. The minimum atomic E-state index is -3.70. The van der Waals surface area contributed by atoms with Crippen LogP contribution in [0.4, 0.5) is 0 Å². The van der Waals surface area contributed by atoms with E-state index in [4.69, 9.17) is 0 Å². The molecular formula is C20H25N3O3S. The molecule has 1 aliphatic heterocycles. The molecule has 2 aromatic rings. The highest BCUT2D eigenvalue weighted by molar-refractivity contribution is 7.89. The summed E-state index contributed by atoms with van der Waals surface area (Å²) in [6.07, 6.45) is 0. The van der Waals surface area contributed by atoms with Crippen LogP contribution in [0.2, 0.25) is 0 Å². The summed E-state index contributed by atoms with van der Waals surface area (Å²) in [5.41, 5.74) is 1.26. The molecule has 2 unspecified atom stereocenters. The second-order valence-corrected chi connectivity index (χ2v) is 8.59. The smallest absolute Gasteiger partial charge is 0.254 e. The molecule has 2 aromatic carbocycles. The van der Waals surface area contributed by atoms with Gasteiger partial charge in [-0.3, -0.25) is 4.79 Å². The lowest BCUT2D eigenvalue weighted by atomic mass is 10.1. The Hall–Kier alpha value is -2.22. The number of nitrogens with zero attached hydrogens (tertiary/aromatic N) is 1. The summed E-state index contributed by atoms with van der Waals surface area (Å²) < 4.78 is 27.8. The van der Waals surface area contributed by atoms with Crippen LogP contribution in [0.1, 0.15) is 29.8 Å². The average Bonchev–Trinajstić information content (AvgIpc) is 2.69. The maximum Gasteiger partial charge on any atom is 0.254 e. The zero-order valence-electron chi connectivity index (χ0n) is 15.6. The number of rotatable bonds is 5. The monoisotopic (exact) mass is 387 g/mol. The van der Waals surface area contributed by atoms with E-state index in [1.54, 1.807) is 17.0 Å². The van der Waals surface area contributed by atoms with Crippen molar-refractivity contribution >= 4 is 15.9 Å². The van der Waals surface area contributed by atoms with Crippen molar-refractivity contribution in [3.05, 3.63) is 65.7 Å². The summed E-state index contributed by atoms with van der Waals surface area (Å²) in [5.74, 6) is -0.143. The van der Waals surface area contributed by atoms with Gasteiger partial charge in [-0.05, 0) is 37.6 Å². The standard InChI is InChI=1S/C20H25N3O3S/c1-15-16(2)23(12-11-21-15)20(24)18-9-6-10-19(13-18)27(25,26)22-14-17-7-4-3-5-8-17/h3-10,13,15-16,21-22H,11-12,14H2,1-2H3. The first kappa shape index (κ1) is 19.5. The number of sulfonamides is 1. The maximum atomic E-state index is 12.9. The summed E-state index contributed by atoms with van der Waals surface area (Å²) >= 11 is 0. The molecule has 2 N–H and O–H groups in total. The average molecular weight is 388 g/mol. The highest BCUT2D eigenvalue weighted by Gasteiger charge is 2.29. The van der Waals surface area contributed by atoms with Crippen LogP contribution in [-0.4, -0.2) is 44.4 Å². The van der Waals surface area contributed by atoms with E-state index < -0.39 is 10.0 Å². The molecule has 0 saturated carbocycles. The van der Waals surface area contributed by atoms with E-state index in [1.807, 2.05) is 44.2 Å². The number of carbonyl (C=O) groups excluding carboxylic acids is 1. The van der Waals surface area contributed by atoms with Crippen molar-refractivity contribution < 1.29 is 13.2 Å². The third-order valence-corrected chi connectivity index (χ3v) is 6.39. The van der Waals surface area contributed by atoms with Crippen LogP contribution < -0.4 is 10.0 Å². The fraction of sp³-hybridized carbons (Fsp3) is 0.350. The van der Waals surface area contributed by atoms with Gasteiger partial charge in [-0.25, -0.2) is 13.1 Å². The van der Waals surface area contributed by atoms with Gasteiger partial charge in [0, 0.05) is 37.3 Å². The summed E-state index contributed by atoms with van der Waals surface area (Å²) in [5, 5.41) is 3.34. The fourth-order valence-electron chi connectivity index (χ4n) is 3.16. The molecule has 144 valence electrons. The number of carbonyl (C=O) groups is 1. The predicted molar refractivity (Wildman–Crippen MR) is 105 cm³/mol. The van der Waals surface area contributed by atoms with Gasteiger partial charge in [0.05, 0.1) is 4.90 Å². The van der Waals surface area contributed by atoms with Crippen molar-refractivity contribution in [1.29, 1.82) is 0 Å². The van der Waals surface area contributed by atoms with Crippen molar-refractivity contribution in [2.45, 2.75) is 37.4 Å². The Morgan fingerprint density at radius 2 is 1.89 bits per heavy atom. The van der Waals surface area contributed by atoms with E-state index in [-0.39, 0.29) is 29.4 Å². The van der Waals surface area contributed by atoms with Crippen molar-refractivity contribution in [2.24, 2.45) is 0 Å². The Morgan fingerprint density at radius 1 is 1.15 bits per heavy atom. The highest BCUT2D eigenvalue weighted by atomic mass is 32.2. The Kier molecular flexibility index (Phi) is 5.94. The number of piperazine rings is 1. The van der Waals surface area contributed by atoms with Gasteiger partial charge in [0.1, 0.15) is 0 Å². The van der Waals surface area contributed by atoms with Crippen LogP contribution in [0.25, 0.3) is 0 Å². The summed E-state index contributed by atoms with van der Waals surface area (Å²) in [4.78, 5) is 14.8. The molecule has 0 bridgehead atoms. The van der Waals surface area contributed by atoms with Crippen LogP contribution in [0.15, 0.2) is 59.5 Å². The normalized spacial score (nSPS) is 20.4. The molecule has 1 saturated heterocycles. The SMILES string of the molecule is CC1NCCN(C(=O)c2cccc(S(=O)(=O)NCc3ccccc3)c2)C1C. The molecule has 3 rings (SSSR count). The molecule has 1 amide bonds. The van der Waals surface area contributed by atoms with Crippen LogP contribution in [0.5, 0.6) is 0 Å². The molecule has 0 radical (unpaired) electrons. The Labute approximate surface area is 160 Å². The van der Waals surface area contributed by atoms with Crippen LogP contribution in [0.3, 0.4) is 0 Å². The minimum Gasteiger partial charge on any atom is -0.333 e. The van der Waals surface area contributed by atoms with E-state index in [0.29, 0.717) is 12.1 Å². The number of hydrogen-bond acceptors (Lipinski definition) is 4. The third kappa shape index (κ3) is 4.55. The number of hydrogen-bond donors (Lipinski definition) is 2. The van der Waals surface area contributed by atoms with Gasteiger partial charge in [-0.15, -0.1) is 0 Å². The van der Waals surface area contributed by atoms with E-state index in [1.165, 1.54) is 12.1 Å². The largest absolute Gasteiger partial charge is 0.333 e. The van der Waals surface area contributed by atoms with Gasteiger partial charge in [-0.2, -0.15) is 0 Å². The van der Waals surface area contributed by atoms with E-state index in [0.717, 1.165) is 12.1 Å². The molecule has 0 spiro atoms. The molecule has 27 heavy (non-hydrogen) atoms. The van der Waals surface area contributed by atoms with Gasteiger partial charge in [0.15, 0.2) is 0 Å². The molecule has 6 nitrogen and oxygen atoms in total. The van der Waals surface area contributed by atoms with Crippen molar-refractivity contribution in [2.75, 3.05) is 13.1 Å². The zero-order chi connectivity index (χ0) is 19.4. The van der Waals surface area contributed by atoms with Crippen molar-refractivity contribution in [3.63, 3.8) is 0 Å². The summed E-state index contributed by atoms with van der Waals surface area (Å²) in [7, 11) is -3.70. The minimum absolute atomic E-state index is 0.0442. The zero-order valence-corrected chi connectivity index (χ0v) is 16.4. The number of amides is 1. The molecule has 1 aliphatic rings. The van der Waals surface area contributed by atoms with E-state index in [9.17, 15) is 13.2 Å². The predicted octanol–water partition coefficient (Wildman–Crippen LogP) is 1.99. The quantitative estimate of drug-likeness (QED) is 0.822. The molecular weight excluding hydrogens is 362 g/mol. The van der Waals surface area contributed by atoms with Gasteiger partial charge in [0.2, 0.25) is 10.0 Å². The molecule has 2 atom stereocenters. The van der Waals surface area contributed by atoms with Crippen LogP contribution in [-0.2, 0) is 16.6 Å². The summed E-state index contributed by atoms with van der Waals surface area (Å²) in [6.45, 7) is 5.57. The van der Waals surface area contributed by atoms with E-state index >= 15 is 0 Å². The fourth-order valence-corrected chi connectivity index (χ4v) is 4.23. The molecule has 7 heteroatoms. The van der Waals surface area contributed by atoms with E-state index in [2.05, 4.69) is 10.0 Å². The van der Waals surface area contributed by atoms with Gasteiger partial charge in [-0.1, -0.05) is 36.4 Å². The van der Waals surface area contributed by atoms with Gasteiger partial charge < -0.3 is 10.2 Å². The van der Waals surface area contributed by atoms with Crippen LogP contribution >= 0.6 is 0 Å². The number of nitrogens with one attached hydrogen (secondary N) is 2. The lowest BCUT2D eigenvalue weighted by Crippen LogP contribution is -2.57. The van der Waals surface area contributed by atoms with Crippen molar-refractivity contribution in [3.8, 4) is 0 Å². The van der Waals surface area contributed by atoms with Gasteiger partial charge >= 0.3 is 0 Å². The first-order chi connectivity index (χ1) is 12.9. The number of benzene rings is 2. The second kappa shape index (κ2) is 8.21. The molecule has 0 aromatic heterocycles. The van der Waals surface area contributed by atoms with Gasteiger partial charge in [0.25, 0.3) is 5.91 Å². The Balaban J connectivity index is 1.77. The summed E-state index contributed by atoms with van der Waals surface area (Å²) in [6, 6.07) is 15.8. The van der Waals surface area contributed by atoms with Crippen molar-refractivity contribution in [1.82, 2.24) is 14.9 Å². The third-order valence-electron chi connectivity index (χ3n) is 5.00. The first-order valence-corrected chi connectivity index (χ1v) is 10.5. The second-order valence-electron chi connectivity index (χ2n) is 6.82. The highest BCUT2D eigenvalue weighted by Crippen LogP contribution is 2.17. The lowest BCUT2D eigenvalue weighted by Gasteiger charge is -2.38. The molecule has 0 aliphatic carbocycles.